The molecule has 144 valence electrons. The maximum absolute atomic E-state index is 13.4. The first-order chi connectivity index (χ1) is 13.7. The molecule has 5 rings (SSSR count). The van der Waals surface area contributed by atoms with Gasteiger partial charge in [-0.25, -0.2) is 0 Å². The number of thiophene rings is 1. The molecular weight excluding hydrogens is 370 g/mol. The molecule has 2 heterocycles. The molecule has 2 saturated carbocycles. The smallest absolute Gasteiger partial charge is 0.231 e. The van der Waals surface area contributed by atoms with Crippen LogP contribution in [0.3, 0.4) is 0 Å². The van der Waals surface area contributed by atoms with Crippen LogP contribution in [0, 0.1) is 17.8 Å². The lowest BCUT2D eigenvalue weighted by Crippen LogP contribution is -2.38. The summed E-state index contributed by atoms with van der Waals surface area (Å²) in [6.45, 7) is 0.629. The summed E-state index contributed by atoms with van der Waals surface area (Å²) in [5.74, 6) is 2.36. The highest BCUT2D eigenvalue weighted by molar-refractivity contribution is 7.08. The molecule has 0 spiro atoms. The number of benzene rings is 1. The predicted octanol–water partition coefficient (Wildman–Crippen LogP) is 4.59. The number of hydrogen-bond acceptors (Lipinski definition) is 5. The van der Waals surface area contributed by atoms with E-state index in [0.717, 1.165) is 30.4 Å². The normalized spacial score (nSPS) is 25.9. The lowest BCUT2D eigenvalue weighted by atomic mass is 9.78. The second-order valence-electron chi connectivity index (χ2n) is 8.03. The second-order valence-corrected chi connectivity index (χ2v) is 8.81. The Morgan fingerprint density at radius 3 is 2.82 bits per heavy atom. The van der Waals surface area contributed by atoms with Crippen LogP contribution >= 0.6 is 11.3 Å². The molecule has 1 aromatic carbocycles. The maximum Gasteiger partial charge on any atom is 0.231 e. The summed E-state index contributed by atoms with van der Waals surface area (Å²) in [7, 11) is 1.91. The third kappa shape index (κ3) is 3.05. The van der Waals surface area contributed by atoms with Crippen molar-refractivity contribution in [3.8, 4) is 11.4 Å². The number of carbonyl (C=O) groups excluding carboxylic acids is 1. The van der Waals surface area contributed by atoms with Gasteiger partial charge in [-0.05, 0) is 48.1 Å². The molecule has 0 aliphatic heterocycles. The van der Waals surface area contributed by atoms with Crippen LogP contribution in [-0.4, -0.2) is 28.0 Å². The van der Waals surface area contributed by atoms with Crippen molar-refractivity contribution in [1.82, 2.24) is 15.0 Å². The van der Waals surface area contributed by atoms with Gasteiger partial charge in [0.1, 0.15) is 0 Å². The van der Waals surface area contributed by atoms with Gasteiger partial charge in [0, 0.05) is 24.5 Å². The molecule has 5 nitrogen and oxygen atoms in total. The van der Waals surface area contributed by atoms with Gasteiger partial charge in [0.2, 0.25) is 17.6 Å². The Hall–Kier alpha value is -2.47. The SMILES string of the molecule is CN(Cc1ccccc1)C(=O)[C@H]1[C@H]2CC[C@H](C2)[C@@H]1c1nc(-c2ccsc2)no1. The van der Waals surface area contributed by atoms with Crippen molar-refractivity contribution in [3.05, 3.63) is 58.6 Å². The van der Waals surface area contributed by atoms with E-state index in [1.54, 1.807) is 11.3 Å². The van der Waals surface area contributed by atoms with Crippen LogP contribution < -0.4 is 0 Å². The van der Waals surface area contributed by atoms with Crippen LogP contribution in [0.15, 0.2) is 51.7 Å². The Bertz CT molecular complexity index is 953. The van der Waals surface area contributed by atoms with Gasteiger partial charge in [0.25, 0.3) is 0 Å². The Labute approximate surface area is 168 Å². The van der Waals surface area contributed by atoms with Gasteiger partial charge in [-0.2, -0.15) is 16.3 Å². The summed E-state index contributed by atoms with van der Waals surface area (Å²) in [5.41, 5.74) is 2.13. The number of hydrogen-bond donors (Lipinski definition) is 0. The highest BCUT2D eigenvalue weighted by Crippen LogP contribution is 2.57. The van der Waals surface area contributed by atoms with Crippen molar-refractivity contribution >= 4 is 17.2 Å². The first-order valence-electron chi connectivity index (χ1n) is 9.86. The van der Waals surface area contributed by atoms with E-state index < -0.39 is 0 Å². The standard InChI is InChI=1S/C22H23N3O2S/c1-25(12-14-5-3-2-4-6-14)22(26)19-16-8-7-15(11-16)18(19)21-23-20(24-27-21)17-9-10-28-13-17/h2-6,9-10,13,15-16,18-19H,7-8,11-12H2,1H3/t15-,16+,18+,19+/m1/s1. The van der Waals surface area contributed by atoms with E-state index in [9.17, 15) is 4.79 Å². The number of carbonyl (C=O) groups is 1. The van der Waals surface area contributed by atoms with Crippen LogP contribution in [-0.2, 0) is 11.3 Å². The number of fused-ring (bicyclic) bond motifs is 2. The first kappa shape index (κ1) is 17.6. The Balaban J connectivity index is 1.39. The Kier molecular flexibility index (Phi) is 4.51. The Morgan fingerprint density at radius 2 is 2.04 bits per heavy atom. The number of rotatable bonds is 5. The van der Waals surface area contributed by atoms with E-state index in [4.69, 9.17) is 4.52 Å². The number of aromatic nitrogens is 2. The molecule has 0 saturated heterocycles. The third-order valence-corrected chi connectivity index (χ3v) is 7.03. The third-order valence-electron chi connectivity index (χ3n) is 6.35. The van der Waals surface area contributed by atoms with Crippen molar-refractivity contribution in [2.75, 3.05) is 7.05 Å². The highest BCUT2D eigenvalue weighted by Gasteiger charge is 2.54. The quantitative estimate of drug-likeness (QED) is 0.636. The van der Waals surface area contributed by atoms with Gasteiger partial charge in [-0.3, -0.25) is 4.79 Å². The van der Waals surface area contributed by atoms with Crippen molar-refractivity contribution in [2.45, 2.75) is 31.7 Å². The largest absolute Gasteiger partial charge is 0.341 e. The van der Waals surface area contributed by atoms with Gasteiger partial charge < -0.3 is 9.42 Å². The predicted molar refractivity (Wildman–Crippen MR) is 108 cm³/mol. The van der Waals surface area contributed by atoms with E-state index in [0.29, 0.717) is 30.1 Å². The molecule has 2 aliphatic rings. The number of amides is 1. The van der Waals surface area contributed by atoms with Gasteiger partial charge in [0.05, 0.1) is 11.8 Å². The van der Waals surface area contributed by atoms with Crippen molar-refractivity contribution < 1.29 is 9.32 Å². The fourth-order valence-electron chi connectivity index (χ4n) is 5.07. The molecule has 0 unspecified atom stereocenters. The van der Waals surface area contributed by atoms with E-state index in [2.05, 4.69) is 22.3 Å². The van der Waals surface area contributed by atoms with Crippen molar-refractivity contribution in [1.29, 1.82) is 0 Å². The minimum absolute atomic E-state index is 0.0457. The zero-order valence-corrected chi connectivity index (χ0v) is 16.6. The molecule has 2 aromatic heterocycles. The van der Waals surface area contributed by atoms with Crippen molar-refractivity contribution in [3.63, 3.8) is 0 Å². The molecule has 28 heavy (non-hydrogen) atoms. The van der Waals surface area contributed by atoms with Gasteiger partial charge >= 0.3 is 0 Å². The summed E-state index contributed by atoms with van der Waals surface area (Å²) in [6, 6.07) is 12.1. The minimum atomic E-state index is -0.0526. The molecule has 3 aromatic rings. The molecule has 2 bridgehead atoms. The minimum Gasteiger partial charge on any atom is -0.341 e. The van der Waals surface area contributed by atoms with Crippen LogP contribution in [0.2, 0.25) is 0 Å². The van der Waals surface area contributed by atoms with E-state index >= 15 is 0 Å². The average molecular weight is 394 g/mol. The summed E-state index contributed by atoms with van der Waals surface area (Å²) < 4.78 is 5.68. The summed E-state index contributed by atoms with van der Waals surface area (Å²) >= 11 is 1.62. The summed E-state index contributed by atoms with van der Waals surface area (Å²) in [5, 5.41) is 8.22. The van der Waals surface area contributed by atoms with Gasteiger partial charge in [0.15, 0.2) is 0 Å². The molecular formula is C22H23N3O2S. The zero-order valence-electron chi connectivity index (χ0n) is 15.8. The van der Waals surface area contributed by atoms with Gasteiger partial charge in [-0.15, -0.1) is 0 Å². The van der Waals surface area contributed by atoms with E-state index in [1.165, 1.54) is 0 Å². The summed E-state index contributed by atoms with van der Waals surface area (Å²) in [6.07, 6.45) is 3.37. The molecule has 2 fully saturated rings. The van der Waals surface area contributed by atoms with Gasteiger partial charge in [-0.1, -0.05) is 35.5 Å². The molecule has 0 radical (unpaired) electrons. The lowest BCUT2D eigenvalue weighted by molar-refractivity contribution is -0.137. The molecule has 2 aliphatic carbocycles. The topological polar surface area (TPSA) is 59.2 Å². The molecule has 1 amide bonds. The fraction of sp³-hybridized carbons (Fsp3) is 0.409. The Morgan fingerprint density at radius 1 is 1.21 bits per heavy atom. The van der Waals surface area contributed by atoms with Crippen LogP contribution in [0.4, 0.5) is 0 Å². The maximum atomic E-state index is 13.4. The van der Waals surface area contributed by atoms with Crippen LogP contribution in [0.5, 0.6) is 0 Å². The fourth-order valence-corrected chi connectivity index (χ4v) is 5.71. The monoisotopic (exact) mass is 393 g/mol. The average Bonchev–Trinajstić information content (AvgIpc) is 3.51. The molecule has 0 N–H and O–H groups in total. The highest BCUT2D eigenvalue weighted by atomic mass is 32.1. The van der Waals surface area contributed by atoms with E-state index in [1.807, 2.05) is 47.0 Å². The summed E-state index contributed by atoms with van der Waals surface area (Å²) in [4.78, 5) is 19.9. The number of nitrogens with zero attached hydrogens (tertiary/aromatic N) is 3. The zero-order chi connectivity index (χ0) is 19.1. The van der Waals surface area contributed by atoms with Crippen molar-refractivity contribution in [2.24, 2.45) is 17.8 Å². The van der Waals surface area contributed by atoms with Crippen LogP contribution in [0.1, 0.15) is 36.6 Å². The van der Waals surface area contributed by atoms with Crippen LogP contribution in [0.25, 0.3) is 11.4 Å². The van der Waals surface area contributed by atoms with E-state index in [-0.39, 0.29) is 17.7 Å². The first-order valence-corrected chi connectivity index (χ1v) is 10.8. The second kappa shape index (κ2) is 7.17. The molecule has 4 atom stereocenters. The molecule has 6 heteroatoms. The lowest BCUT2D eigenvalue weighted by Gasteiger charge is -2.31.